The second-order valence-corrected chi connectivity index (χ2v) is 7.63. The molecule has 170 valence electrons. The molecule has 0 aliphatic carbocycles. The van der Waals surface area contributed by atoms with Gasteiger partial charge in [0.2, 0.25) is 0 Å². The van der Waals surface area contributed by atoms with Crippen molar-refractivity contribution in [3.05, 3.63) is 57.3 Å². The Kier molecular flexibility index (Phi) is 6.15. The zero-order chi connectivity index (χ0) is 23.0. The molecule has 4 rings (SSSR count). The molecule has 1 aliphatic rings. The number of ether oxygens (including phenoxy) is 1. The maximum absolute atomic E-state index is 14.4. The average molecular weight is 473 g/mol. The van der Waals surface area contributed by atoms with Gasteiger partial charge in [-0.25, -0.2) is 26.9 Å². The number of anilines is 1. The summed E-state index contributed by atoms with van der Waals surface area (Å²) in [6, 6.07) is 5.47. The van der Waals surface area contributed by atoms with Gasteiger partial charge in [0.1, 0.15) is 11.5 Å². The van der Waals surface area contributed by atoms with Crippen molar-refractivity contribution in [2.75, 3.05) is 18.0 Å². The Morgan fingerprint density at radius 3 is 2.66 bits per heavy atom. The van der Waals surface area contributed by atoms with E-state index in [1.54, 1.807) is 11.9 Å². The highest BCUT2D eigenvalue weighted by atomic mass is 35.5. The van der Waals surface area contributed by atoms with E-state index in [9.17, 15) is 22.4 Å². The molecule has 1 aromatic carbocycles. The third kappa shape index (κ3) is 4.46. The van der Waals surface area contributed by atoms with E-state index in [-0.39, 0.29) is 35.9 Å². The van der Waals surface area contributed by atoms with Gasteiger partial charge in [-0.15, -0.1) is 5.10 Å². The van der Waals surface area contributed by atoms with Gasteiger partial charge in [-0.05, 0) is 18.2 Å². The van der Waals surface area contributed by atoms with Crippen LogP contribution >= 0.6 is 11.6 Å². The van der Waals surface area contributed by atoms with Crippen molar-refractivity contribution >= 4 is 17.3 Å². The van der Waals surface area contributed by atoms with Crippen molar-refractivity contribution in [3.63, 3.8) is 0 Å². The minimum absolute atomic E-state index is 0.0241. The molecule has 0 spiro atoms. The largest absolute Gasteiger partial charge is 0.365 e. The van der Waals surface area contributed by atoms with Crippen LogP contribution in [0.4, 0.5) is 23.2 Å². The Balaban J connectivity index is 1.49. The molecular weight excluding hydrogens is 456 g/mol. The van der Waals surface area contributed by atoms with Crippen molar-refractivity contribution in [1.29, 1.82) is 0 Å². The van der Waals surface area contributed by atoms with Gasteiger partial charge in [0.15, 0.2) is 0 Å². The van der Waals surface area contributed by atoms with E-state index in [2.05, 4.69) is 20.1 Å². The van der Waals surface area contributed by atoms with E-state index in [0.29, 0.717) is 11.4 Å². The quantitative estimate of drug-likeness (QED) is 0.492. The fraction of sp³-hybridized carbons (Fsp3) is 0.368. The third-order valence-electron chi connectivity index (χ3n) is 5.02. The maximum Gasteiger partial charge on any atom is 0.293 e. The second-order valence-electron chi connectivity index (χ2n) is 7.19. The van der Waals surface area contributed by atoms with Crippen LogP contribution < -0.4 is 10.5 Å². The molecule has 0 saturated carbocycles. The SMILES string of the molecule is Cn1nnc(-c2ccc(Cl)cc2F)c1Cn1ncc(N2CC(OC(F)C(F)F)C2)cc1=O. The second kappa shape index (κ2) is 8.87. The molecule has 1 aliphatic heterocycles. The molecule has 32 heavy (non-hydrogen) atoms. The van der Waals surface area contributed by atoms with Crippen molar-refractivity contribution in [3.8, 4) is 11.3 Å². The van der Waals surface area contributed by atoms with Gasteiger partial charge in [0, 0.05) is 36.8 Å². The molecule has 8 nitrogen and oxygen atoms in total. The maximum atomic E-state index is 14.4. The minimum Gasteiger partial charge on any atom is -0.365 e. The highest BCUT2D eigenvalue weighted by Gasteiger charge is 2.33. The van der Waals surface area contributed by atoms with Gasteiger partial charge >= 0.3 is 0 Å². The first kappa shape index (κ1) is 22.2. The first-order chi connectivity index (χ1) is 15.2. The lowest BCUT2D eigenvalue weighted by atomic mass is 10.1. The number of rotatable bonds is 7. The number of hydrogen-bond acceptors (Lipinski definition) is 6. The fourth-order valence-electron chi connectivity index (χ4n) is 3.28. The average Bonchev–Trinajstić information content (AvgIpc) is 3.06. The predicted octanol–water partition coefficient (Wildman–Crippen LogP) is 2.65. The molecule has 1 fully saturated rings. The number of aryl methyl sites for hydroxylation is 1. The normalized spacial score (nSPS) is 15.3. The summed E-state index contributed by atoms with van der Waals surface area (Å²) in [5.41, 5.74) is 0.884. The molecule has 1 unspecified atom stereocenters. The van der Waals surface area contributed by atoms with Crippen molar-refractivity contribution in [2.24, 2.45) is 7.05 Å². The lowest BCUT2D eigenvalue weighted by Gasteiger charge is -2.40. The van der Waals surface area contributed by atoms with E-state index in [4.69, 9.17) is 11.6 Å². The molecule has 0 amide bonds. The standard InChI is InChI=1S/C19H17ClF4N6O2/c1-28-15(17(26-27-28)13-3-2-10(20)4-14(13)21)9-30-16(31)5-11(6-25-30)29-7-12(8-29)32-19(24)18(22)23/h2-6,12,18-19H,7-9H2,1H3. The summed E-state index contributed by atoms with van der Waals surface area (Å²) in [7, 11) is 1.61. The third-order valence-corrected chi connectivity index (χ3v) is 5.25. The molecule has 13 heteroatoms. The molecule has 1 saturated heterocycles. The number of aromatic nitrogens is 5. The van der Waals surface area contributed by atoms with Crippen molar-refractivity contribution in [2.45, 2.75) is 25.4 Å². The van der Waals surface area contributed by atoms with E-state index in [0.717, 1.165) is 10.7 Å². The van der Waals surface area contributed by atoms with Gasteiger partial charge < -0.3 is 9.64 Å². The van der Waals surface area contributed by atoms with Crippen LogP contribution in [-0.4, -0.2) is 56.8 Å². The summed E-state index contributed by atoms with van der Waals surface area (Å²) >= 11 is 5.80. The Morgan fingerprint density at radius 2 is 2.00 bits per heavy atom. The number of halogens is 5. The van der Waals surface area contributed by atoms with Crippen LogP contribution in [0.15, 0.2) is 35.3 Å². The number of benzene rings is 1. The van der Waals surface area contributed by atoms with Crippen molar-refractivity contribution in [1.82, 2.24) is 24.8 Å². The van der Waals surface area contributed by atoms with Crippen LogP contribution in [-0.2, 0) is 18.3 Å². The van der Waals surface area contributed by atoms with E-state index < -0.39 is 30.3 Å². The molecule has 1 atom stereocenters. The van der Waals surface area contributed by atoms with Gasteiger partial charge in [-0.1, -0.05) is 16.8 Å². The summed E-state index contributed by atoms with van der Waals surface area (Å²) in [5, 5.41) is 12.3. The van der Waals surface area contributed by atoms with Crippen LogP contribution in [0.5, 0.6) is 0 Å². The number of nitrogens with zero attached hydrogens (tertiary/aromatic N) is 6. The number of hydrogen-bond donors (Lipinski definition) is 0. The molecule has 3 heterocycles. The Hall–Kier alpha value is -2.99. The zero-order valence-electron chi connectivity index (χ0n) is 16.6. The lowest BCUT2D eigenvalue weighted by molar-refractivity contribution is -0.162. The molecule has 0 N–H and O–H groups in total. The lowest BCUT2D eigenvalue weighted by Crippen LogP contribution is -2.54. The van der Waals surface area contributed by atoms with Gasteiger partial charge in [-0.3, -0.25) is 4.79 Å². The molecule has 0 radical (unpaired) electrons. The number of alkyl halides is 3. The Labute approximate surface area is 184 Å². The van der Waals surface area contributed by atoms with Crippen molar-refractivity contribution < 1.29 is 22.3 Å². The fourth-order valence-corrected chi connectivity index (χ4v) is 3.44. The predicted molar refractivity (Wildman–Crippen MR) is 107 cm³/mol. The molecule has 2 aromatic heterocycles. The smallest absolute Gasteiger partial charge is 0.293 e. The summed E-state index contributed by atoms with van der Waals surface area (Å²) in [5.74, 6) is -0.577. The molecular formula is C19H17ClF4N6O2. The van der Waals surface area contributed by atoms with Gasteiger partial charge in [-0.2, -0.15) is 5.10 Å². The Bertz CT molecular complexity index is 1180. The topological polar surface area (TPSA) is 78.1 Å². The summed E-state index contributed by atoms with van der Waals surface area (Å²) in [4.78, 5) is 14.2. The zero-order valence-corrected chi connectivity index (χ0v) is 17.4. The van der Waals surface area contributed by atoms with Crippen LogP contribution in [0.1, 0.15) is 5.69 Å². The van der Waals surface area contributed by atoms with Crippen LogP contribution in [0.2, 0.25) is 5.02 Å². The summed E-state index contributed by atoms with van der Waals surface area (Å²) in [6.45, 7) is 0.289. The first-order valence-corrected chi connectivity index (χ1v) is 9.84. The highest BCUT2D eigenvalue weighted by molar-refractivity contribution is 6.30. The highest BCUT2D eigenvalue weighted by Crippen LogP contribution is 2.27. The minimum atomic E-state index is -3.21. The van der Waals surface area contributed by atoms with Crippen LogP contribution in [0.3, 0.4) is 0 Å². The van der Waals surface area contributed by atoms with Gasteiger partial charge in [0.25, 0.3) is 18.3 Å². The van der Waals surface area contributed by atoms with E-state index >= 15 is 0 Å². The first-order valence-electron chi connectivity index (χ1n) is 9.46. The summed E-state index contributed by atoms with van der Waals surface area (Å²) in [6.07, 6.45) is -5.12. The molecule has 3 aromatic rings. The monoisotopic (exact) mass is 472 g/mol. The van der Waals surface area contributed by atoms with Gasteiger partial charge in [0.05, 0.1) is 30.2 Å². The summed E-state index contributed by atoms with van der Waals surface area (Å²) < 4.78 is 58.9. The van der Waals surface area contributed by atoms with E-state index in [1.807, 2.05) is 0 Å². The Morgan fingerprint density at radius 1 is 1.25 bits per heavy atom. The van der Waals surface area contributed by atoms with Crippen LogP contribution in [0.25, 0.3) is 11.3 Å². The van der Waals surface area contributed by atoms with Crippen LogP contribution in [0, 0.1) is 5.82 Å². The van der Waals surface area contributed by atoms with E-state index in [1.165, 1.54) is 29.1 Å². The molecule has 0 bridgehead atoms.